The highest BCUT2D eigenvalue weighted by atomic mass is 35.5. The van der Waals surface area contributed by atoms with E-state index in [1.807, 2.05) is 19.2 Å². The van der Waals surface area contributed by atoms with Crippen LogP contribution in [-0.2, 0) is 0 Å². The molecule has 112 valence electrons. The molecule has 2 nitrogen and oxygen atoms in total. The largest absolute Gasteiger partial charge is 0.313 e. The summed E-state index contributed by atoms with van der Waals surface area (Å²) in [7, 11) is 2.03. The van der Waals surface area contributed by atoms with E-state index in [2.05, 4.69) is 36.2 Å². The van der Waals surface area contributed by atoms with Crippen molar-refractivity contribution < 1.29 is 0 Å². The zero-order chi connectivity index (χ0) is 14.5. The van der Waals surface area contributed by atoms with Crippen molar-refractivity contribution in [3.05, 3.63) is 34.9 Å². The van der Waals surface area contributed by atoms with Crippen molar-refractivity contribution in [1.29, 1.82) is 0 Å². The number of likely N-dealkylation sites (tertiary alicyclic amines) is 1. The Balaban J connectivity index is 1.99. The van der Waals surface area contributed by atoms with Gasteiger partial charge in [-0.1, -0.05) is 36.7 Å². The molecule has 1 heterocycles. The second kappa shape index (κ2) is 7.44. The number of benzene rings is 1. The molecule has 20 heavy (non-hydrogen) atoms. The minimum absolute atomic E-state index is 0.342. The van der Waals surface area contributed by atoms with Gasteiger partial charge in [0.2, 0.25) is 0 Å². The van der Waals surface area contributed by atoms with E-state index in [0.29, 0.717) is 6.04 Å². The fourth-order valence-corrected chi connectivity index (χ4v) is 3.73. The maximum absolute atomic E-state index is 6.32. The van der Waals surface area contributed by atoms with Crippen molar-refractivity contribution in [3.8, 4) is 0 Å². The van der Waals surface area contributed by atoms with Gasteiger partial charge in [0.25, 0.3) is 0 Å². The molecule has 0 bridgehead atoms. The van der Waals surface area contributed by atoms with Crippen LogP contribution in [0.15, 0.2) is 24.3 Å². The molecular weight excluding hydrogens is 268 g/mol. The summed E-state index contributed by atoms with van der Waals surface area (Å²) in [5, 5.41) is 4.29. The second-order valence-electron chi connectivity index (χ2n) is 5.88. The van der Waals surface area contributed by atoms with Gasteiger partial charge in [-0.2, -0.15) is 0 Å². The molecule has 0 aromatic heterocycles. The second-order valence-corrected chi connectivity index (χ2v) is 6.28. The molecule has 0 radical (unpaired) electrons. The lowest BCUT2D eigenvalue weighted by atomic mass is 10.0. The molecule has 2 rings (SSSR count). The van der Waals surface area contributed by atoms with Gasteiger partial charge in [-0.25, -0.2) is 0 Å². The van der Waals surface area contributed by atoms with E-state index >= 15 is 0 Å². The quantitative estimate of drug-likeness (QED) is 0.843. The van der Waals surface area contributed by atoms with Crippen LogP contribution in [0.25, 0.3) is 0 Å². The number of nitrogens with zero attached hydrogens (tertiary/aromatic N) is 1. The van der Waals surface area contributed by atoms with Gasteiger partial charge in [0.15, 0.2) is 0 Å². The van der Waals surface area contributed by atoms with Gasteiger partial charge in [-0.3, -0.25) is 4.90 Å². The van der Waals surface area contributed by atoms with Gasteiger partial charge >= 0.3 is 0 Å². The van der Waals surface area contributed by atoms with Crippen molar-refractivity contribution in [3.63, 3.8) is 0 Å². The van der Waals surface area contributed by atoms with E-state index in [4.69, 9.17) is 11.6 Å². The average Bonchev–Trinajstić information content (AvgIpc) is 2.82. The monoisotopic (exact) mass is 294 g/mol. The normalized spacial score (nSPS) is 25.0. The van der Waals surface area contributed by atoms with Crippen LogP contribution in [0.5, 0.6) is 0 Å². The first kappa shape index (κ1) is 15.8. The van der Waals surface area contributed by atoms with E-state index in [1.165, 1.54) is 24.8 Å². The maximum atomic E-state index is 6.32. The minimum Gasteiger partial charge on any atom is -0.313 e. The summed E-state index contributed by atoms with van der Waals surface area (Å²) in [6, 6.07) is 10.0. The summed E-state index contributed by atoms with van der Waals surface area (Å²) in [4.78, 5) is 2.68. The predicted molar refractivity (Wildman–Crippen MR) is 87.4 cm³/mol. The third-order valence-corrected chi connectivity index (χ3v) is 5.07. The van der Waals surface area contributed by atoms with Crippen molar-refractivity contribution in [2.45, 2.75) is 57.7 Å². The standard InChI is InChI=1S/C17H27ClN2/c1-4-14-10-9-13(2)20(14)12-11-17(19-3)15-7-5-6-8-16(15)18/h5-8,13-14,17,19H,4,9-12H2,1-3H3. The first-order valence-corrected chi connectivity index (χ1v) is 8.22. The molecule has 1 saturated heterocycles. The molecule has 0 spiro atoms. The third-order valence-electron chi connectivity index (χ3n) is 4.73. The summed E-state index contributed by atoms with van der Waals surface area (Å²) < 4.78 is 0. The SMILES string of the molecule is CCC1CCC(C)N1CCC(NC)c1ccccc1Cl. The van der Waals surface area contributed by atoms with Gasteiger partial charge in [0.1, 0.15) is 0 Å². The lowest BCUT2D eigenvalue weighted by Crippen LogP contribution is -2.36. The molecule has 0 saturated carbocycles. The number of nitrogens with one attached hydrogen (secondary N) is 1. The van der Waals surface area contributed by atoms with Gasteiger partial charge < -0.3 is 5.32 Å². The zero-order valence-corrected chi connectivity index (χ0v) is 13.7. The Morgan fingerprint density at radius 2 is 2.10 bits per heavy atom. The molecule has 3 heteroatoms. The molecule has 0 amide bonds. The smallest absolute Gasteiger partial charge is 0.0453 e. The van der Waals surface area contributed by atoms with Crippen molar-refractivity contribution in [2.24, 2.45) is 0 Å². The third kappa shape index (κ3) is 3.55. The fourth-order valence-electron chi connectivity index (χ4n) is 3.46. The van der Waals surface area contributed by atoms with E-state index in [-0.39, 0.29) is 0 Å². The van der Waals surface area contributed by atoms with Crippen molar-refractivity contribution in [2.75, 3.05) is 13.6 Å². The van der Waals surface area contributed by atoms with E-state index in [1.54, 1.807) is 0 Å². The molecule has 3 atom stereocenters. The average molecular weight is 295 g/mol. The highest BCUT2D eigenvalue weighted by Crippen LogP contribution is 2.29. The van der Waals surface area contributed by atoms with Crippen LogP contribution in [-0.4, -0.2) is 30.6 Å². The van der Waals surface area contributed by atoms with E-state index in [9.17, 15) is 0 Å². The zero-order valence-electron chi connectivity index (χ0n) is 12.9. The van der Waals surface area contributed by atoms with Crippen LogP contribution in [0.3, 0.4) is 0 Å². The fraction of sp³-hybridized carbons (Fsp3) is 0.647. The highest BCUT2D eigenvalue weighted by Gasteiger charge is 2.29. The molecule has 1 N–H and O–H groups in total. The van der Waals surface area contributed by atoms with Gasteiger partial charge in [0, 0.05) is 29.7 Å². The van der Waals surface area contributed by atoms with Crippen LogP contribution >= 0.6 is 11.6 Å². The number of hydrogen-bond acceptors (Lipinski definition) is 2. The minimum atomic E-state index is 0.342. The Labute approximate surface area is 128 Å². The van der Waals surface area contributed by atoms with E-state index < -0.39 is 0 Å². The Kier molecular flexibility index (Phi) is 5.88. The number of hydrogen-bond donors (Lipinski definition) is 1. The molecule has 3 unspecified atom stereocenters. The lowest BCUT2D eigenvalue weighted by Gasteiger charge is -2.29. The molecule has 1 aromatic rings. The molecule has 1 aliphatic rings. The van der Waals surface area contributed by atoms with Crippen molar-refractivity contribution in [1.82, 2.24) is 10.2 Å². The van der Waals surface area contributed by atoms with Crippen LogP contribution in [0.4, 0.5) is 0 Å². The maximum Gasteiger partial charge on any atom is 0.0453 e. The first-order valence-electron chi connectivity index (χ1n) is 7.84. The van der Waals surface area contributed by atoms with Gasteiger partial charge in [-0.05, 0) is 51.3 Å². The van der Waals surface area contributed by atoms with Crippen LogP contribution in [0.1, 0.15) is 51.1 Å². The Bertz CT molecular complexity index is 421. The summed E-state index contributed by atoms with van der Waals surface area (Å²) in [6.07, 6.45) is 5.07. The molecule has 1 fully saturated rings. The lowest BCUT2D eigenvalue weighted by molar-refractivity contribution is 0.189. The number of halogens is 1. The summed E-state index contributed by atoms with van der Waals surface area (Å²) in [5.74, 6) is 0. The highest BCUT2D eigenvalue weighted by molar-refractivity contribution is 6.31. The van der Waals surface area contributed by atoms with Crippen LogP contribution in [0, 0.1) is 0 Å². The summed E-state index contributed by atoms with van der Waals surface area (Å²) in [5.41, 5.74) is 1.22. The Hall–Kier alpha value is -0.570. The van der Waals surface area contributed by atoms with Crippen molar-refractivity contribution >= 4 is 11.6 Å². The summed E-state index contributed by atoms with van der Waals surface area (Å²) >= 11 is 6.32. The Morgan fingerprint density at radius 3 is 2.75 bits per heavy atom. The predicted octanol–water partition coefficient (Wildman–Crippen LogP) is 4.25. The van der Waals surface area contributed by atoms with E-state index in [0.717, 1.165) is 30.1 Å². The van der Waals surface area contributed by atoms with Gasteiger partial charge in [0.05, 0.1) is 0 Å². The molecular formula is C17H27ClN2. The Morgan fingerprint density at radius 1 is 1.35 bits per heavy atom. The molecule has 1 aliphatic heterocycles. The molecule has 0 aliphatic carbocycles. The van der Waals surface area contributed by atoms with Crippen LogP contribution in [0.2, 0.25) is 5.02 Å². The first-order chi connectivity index (χ1) is 9.67. The number of rotatable bonds is 6. The molecule has 1 aromatic carbocycles. The topological polar surface area (TPSA) is 15.3 Å². The van der Waals surface area contributed by atoms with Gasteiger partial charge in [-0.15, -0.1) is 0 Å². The van der Waals surface area contributed by atoms with Crippen LogP contribution < -0.4 is 5.32 Å². The summed E-state index contributed by atoms with van der Waals surface area (Å²) in [6.45, 7) is 5.81.